The van der Waals surface area contributed by atoms with Gasteiger partial charge in [0.25, 0.3) is 0 Å². The molecule has 2 atom stereocenters. The zero-order valence-corrected chi connectivity index (χ0v) is 14.2. The van der Waals surface area contributed by atoms with Gasteiger partial charge in [-0.3, -0.25) is 0 Å². The summed E-state index contributed by atoms with van der Waals surface area (Å²) in [6, 6.07) is 14.3. The molecule has 3 N–H and O–H groups in total. The first-order chi connectivity index (χ1) is 11.0. The largest absolute Gasteiger partial charge is 0.508 e. The number of fused-ring (bicyclic) bond motifs is 1. The number of phenolic OH excluding ortho intramolecular Hbond substituents is 1. The van der Waals surface area contributed by atoms with Crippen molar-refractivity contribution in [2.45, 2.75) is 57.4 Å². The Morgan fingerprint density at radius 2 is 1.83 bits per heavy atom. The molecule has 0 amide bonds. The van der Waals surface area contributed by atoms with Crippen molar-refractivity contribution >= 4 is 0 Å². The van der Waals surface area contributed by atoms with Crippen LogP contribution in [-0.2, 0) is 11.8 Å². The van der Waals surface area contributed by atoms with E-state index in [1.807, 2.05) is 18.2 Å². The zero-order chi connectivity index (χ0) is 16.4. The summed E-state index contributed by atoms with van der Waals surface area (Å²) < 4.78 is 0. The van der Waals surface area contributed by atoms with Gasteiger partial charge >= 0.3 is 0 Å². The van der Waals surface area contributed by atoms with E-state index in [1.165, 1.54) is 36.0 Å². The Kier molecular flexibility index (Phi) is 4.45. The third kappa shape index (κ3) is 3.00. The lowest BCUT2D eigenvalue weighted by Crippen LogP contribution is -2.42. The lowest BCUT2D eigenvalue weighted by molar-refractivity contribution is 0.338. The predicted octanol–water partition coefficient (Wildman–Crippen LogP) is 4.78. The van der Waals surface area contributed by atoms with Gasteiger partial charge in [0.2, 0.25) is 0 Å². The average molecular weight is 309 g/mol. The van der Waals surface area contributed by atoms with Crippen LogP contribution in [0, 0.1) is 0 Å². The van der Waals surface area contributed by atoms with Gasteiger partial charge in [-0.05, 0) is 60.6 Å². The van der Waals surface area contributed by atoms with E-state index in [0.717, 1.165) is 18.4 Å². The first kappa shape index (κ1) is 16.1. The molecule has 0 saturated carbocycles. The topological polar surface area (TPSA) is 46.2 Å². The molecule has 0 saturated heterocycles. The highest BCUT2D eigenvalue weighted by Gasteiger charge is 2.34. The summed E-state index contributed by atoms with van der Waals surface area (Å²) in [5.41, 5.74) is 11.3. The first-order valence-corrected chi connectivity index (χ1v) is 8.70. The van der Waals surface area contributed by atoms with Crippen molar-refractivity contribution in [2.24, 2.45) is 5.73 Å². The van der Waals surface area contributed by atoms with Gasteiger partial charge in [-0.2, -0.15) is 0 Å². The fourth-order valence-corrected chi connectivity index (χ4v) is 3.89. The van der Waals surface area contributed by atoms with Crippen molar-refractivity contribution in [3.8, 4) is 16.9 Å². The minimum Gasteiger partial charge on any atom is -0.508 e. The van der Waals surface area contributed by atoms with Crippen molar-refractivity contribution < 1.29 is 5.11 Å². The minimum absolute atomic E-state index is 0.0600. The van der Waals surface area contributed by atoms with Crippen LogP contribution in [0.2, 0.25) is 0 Å². The number of aromatic hydroxyl groups is 1. The van der Waals surface area contributed by atoms with Gasteiger partial charge in [0.15, 0.2) is 0 Å². The minimum atomic E-state index is -0.0853. The lowest BCUT2D eigenvalue weighted by atomic mass is 9.68. The van der Waals surface area contributed by atoms with Crippen LogP contribution in [0.3, 0.4) is 0 Å². The number of phenols is 1. The Bertz CT molecular complexity index is 678. The number of rotatable bonds is 2. The van der Waals surface area contributed by atoms with Crippen LogP contribution >= 0.6 is 0 Å². The summed E-state index contributed by atoms with van der Waals surface area (Å²) in [5.74, 6) is 0.343. The van der Waals surface area contributed by atoms with Gasteiger partial charge in [-0.15, -0.1) is 0 Å². The molecule has 0 spiro atoms. The monoisotopic (exact) mass is 309 g/mol. The van der Waals surface area contributed by atoms with Crippen LogP contribution in [0.4, 0.5) is 0 Å². The molecule has 2 unspecified atom stereocenters. The van der Waals surface area contributed by atoms with Gasteiger partial charge in [-0.1, -0.05) is 50.1 Å². The van der Waals surface area contributed by atoms with Crippen molar-refractivity contribution in [1.29, 1.82) is 0 Å². The molecular formula is C21H27NO. The van der Waals surface area contributed by atoms with Gasteiger partial charge in [0.05, 0.1) is 0 Å². The Morgan fingerprint density at radius 1 is 1.09 bits per heavy atom. The molecule has 0 aromatic heterocycles. The number of nitrogens with two attached hydrogens (primary N) is 1. The van der Waals surface area contributed by atoms with E-state index in [1.54, 1.807) is 0 Å². The smallest absolute Gasteiger partial charge is 0.116 e. The first-order valence-electron chi connectivity index (χ1n) is 8.70. The van der Waals surface area contributed by atoms with Crippen LogP contribution < -0.4 is 5.73 Å². The summed E-state index contributed by atoms with van der Waals surface area (Å²) in [6.45, 7) is 4.35. The third-order valence-electron chi connectivity index (χ3n) is 5.56. The summed E-state index contributed by atoms with van der Waals surface area (Å²) in [4.78, 5) is 0. The Balaban J connectivity index is 2.25. The highest BCUT2D eigenvalue weighted by Crippen LogP contribution is 2.42. The van der Waals surface area contributed by atoms with E-state index in [9.17, 15) is 5.11 Å². The molecule has 2 aromatic rings. The van der Waals surface area contributed by atoms with Gasteiger partial charge in [0.1, 0.15) is 5.75 Å². The molecular weight excluding hydrogens is 282 g/mol. The molecule has 0 heterocycles. The van der Waals surface area contributed by atoms with Crippen LogP contribution in [0.5, 0.6) is 5.75 Å². The van der Waals surface area contributed by atoms with Crippen LogP contribution in [0.1, 0.15) is 50.7 Å². The zero-order valence-electron chi connectivity index (χ0n) is 14.2. The van der Waals surface area contributed by atoms with E-state index in [0.29, 0.717) is 5.75 Å². The van der Waals surface area contributed by atoms with E-state index < -0.39 is 0 Å². The summed E-state index contributed by atoms with van der Waals surface area (Å²) in [5, 5.41) is 10.4. The molecule has 0 aliphatic heterocycles. The van der Waals surface area contributed by atoms with Crippen molar-refractivity contribution in [3.05, 3.63) is 53.6 Å². The molecule has 3 rings (SSSR count). The maximum absolute atomic E-state index is 10.4. The third-order valence-corrected chi connectivity index (χ3v) is 5.56. The van der Waals surface area contributed by atoms with Gasteiger partial charge in [0, 0.05) is 11.5 Å². The molecule has 2 aromatic carbocycles. The second kappa shape index (κ2) is 6.37. The summed E-state index contributed by atoms with van der Waals surface area (Å²) >= 11 is 0. The highest BCUT2D eigenvalue weighted by atomic mass is 16.3. The second-order valence-corrected chi connectivity index (χ2v) is 7.15. The van der Waals surface area contributed by atoms with E-state index in [-0.39, 0.29) is 11.5 Å². The highest BCUT2D eigenvalue weighted by molar-refractivity contribution is 5.71. The SMILES string of the molecule is CC(N)C1(C)CCCCCc2c(-c3ccccc3)cc(O)cc21. The van der Waals surface area contributed by atoms with E-state index >= 15 is 0 Å². The van der Waals surface area contributed by atoms with Gasteiger partial charge in [-0.25, -0.2) is 0 Å². The molecule has 1 aliphatic rings. The molecule has 2 heteroatoms. The van der Waals surface area contributed by atoms with Crippen LogP contribution in [0.25, 0.3) is 11.1 Å². The fourth-order valence-electron chi connectivity index (χ4n) is 3.89. The predicted molar refractivity (Wildman–Crippen MR) is 96.7 cm³/mol. The van der Waals surface area contributed by atoms with Crippen molar-refractivity contribution in [2.75, 3.05) is 0 Å². The van der Waals surface area contributed by atoms with E-state index in [4.69, 9.17) is 5.73 Å². The summed E-state index contributed by atoms with van der Waals surface area (Å²) in [7, 11) is 0. The number of hydrogen-bond acceptors (Lipinski definition) is 2. The molecule has 1 aliphatic carbocycles. The quantitative estimate of drug-likeness (QED) is 0.838. The van der Waals surface area contributed by atoms with E-state index in [2.05, 4.69) is 38.1 Å². The fraction of sp³-hybridized carbons (Fsp3) is 0.429. The van der Waals surface area contributed by atoms with Gasteiger partial charge < -0.3 is 10.8 Å². The molecule has 23 heavy (non-hydrogen) atoms. The Hall–Kier alpha value is -1.80. The maximum Gasteiger partial charge on any atom is 0.116 e. The molecule has 0 bridgehead atoms. The van der Waals surface area contributed by atoms with Crippen LogP contribution in [-0.4, -0.2) is 11.1 Å². The van der Waals surface area contributed by atoms with Crippen LogP contribution in [0.15, 0.2) is 42.5 Å². The lowest BCUT2D eigenvalue weighted by Gasteiger charge is -2.38. The Morgan fingerprint density at radius 3 is 2.52 bits per heavy atom. The molecule has 2 nitrogen and oxygen atoms in total. The Labute approximate surface area is 139 Å². The molecule has 0 fully saturated rings. The normalized spacial score (nSPS) is 22.7. The number of hydrogen-bond donors (Lipinski definition) is 2. The number of benzene rings is 2. The second-order valence-electron chi connectivity index (χ2n) is 7.15. The maximum atomic E-state index is 10.4. The molecule has 122 valence electrons. The van der Waals surface area contributed by atoms with Crippen molar-refractivity contribution in [1.82, 2.24) is 0 Å². The standard InChI is InChI=1S/C21H27NO/c1-15(22)21(2)12-8-4-7-11-18-19(13-17(23)14-20(18)21)16-9-5-3-6-10-16/h3,5-6,9-10,13-15,23H,4,7-8,11-12,22H2,1-2H3. The average Bonchev–Trinajstić information content (AvgIpc) is 2.53. The summed E-state index contributed by atoms with van der Waals surface area (Å²) in [6.07, 6.45) is 5.79. The van der Waals surface area contributed by atoms with Crippen molar-refractivity contribution in [3.63, 3.8) is 0 Å². The molecule has 0 radical (unpaired) electrons.